The zero-order valence-electron chi connectivity index (χ0n) is 14.1. The van der Waals surface area contributed by atoms with Gasteiger partial charge in [-0.1, -0.05) is 42.0 Å². The number of aryl methyl sites for hydroxylation is 3. The van der Waals surface area contributed by atoms with E-state index in [-0.39, 0.29) is 5.78 Å². The van der Waals surface area contributed by atoms with Crippen LogP contribution in [0.5, 0.6) is 0 Å². The van der Waals surface area contributed by atoms with Crippen LogP contribution in [0.15, 0.2) is 36.4 Å². The molecule has 0 radical (unpaired) electrons. The molecule has 1 atom stereocenters. The molecule has 2 aromatic carbocycles. The fraction of sp³-hybridized carbons (Fsp3) is 0.278. The van der Waals surface area contributed by atoms with Crippen molar-refractivity contribution in [2.75, 3.05) is 0 Å². The first-order chi connectivity index (χ1) is 11.1. The van der Waals surface area contributed by atoms with Crippen LogP contribution in [0, 0.1) is 20.8 Å². The van der Waals surface area contributed by atoms with Crippen LogP contribution in [-0.4, -0.2) is 15.6 Å². The highest BCUT2D eigenvalue weighted by atomic mass is 31.2. The Morgan fingerprint density at radius 3 is 2.17 bits per heavy atom. The summed E-state index contributed by atoms with van der Waals surface area (Å²) in [4.78, 5) is 31.1. The Kier molecular flexibility index (Phi) is 5.41. The van der Waals surface area contributed by atoms with E-state index in [4.69, 9.17) is 14.3 Å². The number of phosphoric acid groups is 1. The third-order valence-corrected chi connectivity index (χ3v) is 4.43. The van der Waals surface area contributed by atoms with E-state index in [2.05, 4.69) is 0 Å². The average Bonchev–Trinajstić information content (AvgIpc) is 2.44. The first kappa shape index (κ1) is 18.6. The monoisotopic (exact) mass is 348 g/mol. The van der Waals surface area contributed by atoms with Crippen molar-refractivity contribution in [2.45, 2.75) is 33.8 Å². The van der Waals surface area contributed by atoms with Crippen molar-refractivity contribution < 1.29 is 23.7 Å². The third kappa shape index (κ3) is 4.19. The predicted molar refractivity (Wildman–Crippen MR) is 92.1 cm³/mol. The number of phosphoric ester groups is 1. The van der Waals surface area contributed by atoms with E-state index in [0.29, 0.717) is 16.7 Å². The van der Waals surface area contributed by atoms with Gasteiger partial charge < -0.3 is 9.79 Å². The molecule has 0 heterocycles. The van der Waals surface area contributed by atoms with Crippen LogP contribution in [0.1, 0.15) is 51.2 Å². The zero-order chi connectivity index (χ0) is 18.1. The third-order valence-electron chi connectivity index (χ3n) is 3.84. The van der Waals surface area contributed by atoms with Crippen molar-refractivity contribution >= 4 is 13.6 Å². The van der Waals surface area contributed by atoms with Gasteiger partial charge in [-0.2, -0.15) is 0 Å². The highest BCUT2D eigenvalue weighted by molar-refractivity contribution is 7.46. The fourth-order valence-electron chi connectivity index (χ4n) is 2.99. The van der Waals surface area contributed by atoms with E-state index in [9.17, 15) is 9.36 Å². The molecular weight excluding hydrogens is 327 g/mol. The van der Waals surface area contributed by atoms with Gasteiger partial charge >= 0.3 is 7.82 Å². The molecule has 0 aromatic heterocycles. The topological polar surface area (TPSA) is 83.8 Å². The molecule has 24 heavy (non-hydrogen) atoms. The second-order valence-corrected chi connectivity index (χ2v) is 7.12. The Morgan fingerprint density at radius 1 is 1.08 bits per heavy atom. The van der Waals surface area contributed by atoms with Crippen molar-refractivity contribution in [3.05, 3.63) is 69.8 Å². The van der Waals surface area contributed by atoms with Crippen molar-refractivity contribution in [3.8, 4) is 0 Å². The standard InChI is InChI=1S/C18H21O5P/c1-11-9-12(2)17(13(3)10-11)18(19)16-8-6-5-7-15(16)14(4)23-24(20,21)22/h5-10,14H,1-4H3,(H2,20,21,22). The SMILES string of the molecule is Cc1cc(C)c(C(=O)c2ccccc2C(C)OP(=O)(O)O)c(C)c1. The maximum Gasteiger partial charge on any atom is 0.470 e. The molecule has 0 fully saturated rings. The van der Waals surface area contributed by atoms with Crippen molar-refractivity contribution in [3.63, 3.8) is 0 Å². The van der Waals surface area contributed by atoms with Crippen LogP contribution in [0.4, 0.5) is 0 Å². The van der Waals surface area contributed by atoms with Crippen LogP contribution in [0.25, 0.3) is 0 Å². The minimum absolute atomic E-state index is 0.179. The van der Waals surface area contributed by atoms with E-state index >= 15 is 0 Å². The number of carbonyl (C=O) groups excluding carboxylic acids is 1. The minimum atomic E-state index is -4.65. The van der Waals surface area contributed by atoms with Gasteiger partial charge in [0.15, 0.2) is 5.78 Å². The van der Waals surface area contributed by atoms with Crippen LogP contribution >= 0.6 is 7.82 Å². The van der Waals surface area contributed by atoms with Crippen molar-refractivity contribution in [2.24, 2.45) is 0 Å². The molecule has 6 heteroatoms. The molecule has 0 aliphatic carbocycles. The summed E-state index contributed by atoms with van der Waals surface area (Å²) in [6.45, 7) is 7.25. The van der Waals surface area contributed by atoms with Crippen molar-refractivity contribution in [1.82, 2.24) is 0 Å². The summed E-state index contributed by atoms with van der Waals surface area (Å²) in [5.41, 5.74) is 4.26. The molecule has 0 spiro atoms. The molecule has 0 aliphatic heterocycles. The van der Waals surface area contributed by atoms with Gasteiger partial charge in [0.25, 0.3) is 0 Å². The molecule has 2 rings (SSSR count). The van der Waals surface area contributed by atoms with Gasteiger partial charge in [-0.3, -0.25) is 9.32 Å². The summed E-state index contributed by atoms with van der Waals surface area (Å²) in [6.07, 6.45) is -0.906. The summed E-state index contributed by atoms with van der Waals surface area (Å²) >= 11 is 0. The molecule has 2 aromatic rings. The van der Waals surface area contributed by atoms with Gasteiger partial charge in [-0.05, 0) is 44.4 Å². The summed E-state index contributed by atoms with van der Waals surface area (Å²) < 4.78 is 15.8. The lowest BCUT2D eigenvalue weighted by molar-refractivity contribution is 0.102. The maximum absolute atomic E-state index is 13.0. The molecule has 128 valence electrons. The summed E-state index contributed by atoms with van der Waals surface area (Å²) in [6, 6.07) is 10.6. The maximum atomic E-state index is 13.0. The Balaban J connectivity index is 2.51. The van der Waals surface area contributed by atoms with Crippen LogP contribution in [-0.2, 0) is 9.09 Å². The van der Waals surface area contributed by atoms with E-state index in [1.54, 1.807) is 24.3 Å². The minimum Gasteiger partial charge on any atom is -0.303 e. The first-order valence-corrected chi connectivity index (χ1v) is 9.08. The molecule has 0 saturated carbocycles. The predicted octanol–water partition coefficient (Wildman–Crippen LogP) is 4.01. The van der Waals surface area contributed by atoms with Gasteiger partial charge in [-0.15, -0.1) is 0 Å². The fourth-order valence-corrected chi connectivity index (χ4v) is 3.52. The van der Waals surface area contributed by atoms with E-state index in [1.165, 1.54) is 6.92 Å². The number of hydrogen-bond donors (Lipinski definition) is 2. The molecular formula is C18H21O5P. The number of ketones is 1. The zero-order valence-corrected chi connectivity index (χ0v) is 15.0. The van der Waals surface area contributed by atoms with E-state index in [1.807, 2.05) is 32.9 Å². The van der Waals surface area contributed by atoms with E-state index < -0.39 is 13.9 Å². The largest absolute Gasteiger partial charge is 0.470 e. The van der Waals surface area contributed by atoms with Gasteiger partial charge in [-0.25, -0.2) is 4.57 Å². The lowest BCUT2D eigenvalue weighted by Crippen LogP contribution is -2.12. The molecule has 1 unspecified atom stereocenters. The van der Waals surface area contributed by atoms with Crippen LogP contribution in [0.3, 0.4) is 0 Å². The van der Waals surface area contributed by atoms with Gasteiger partial charge in [0.2, 0.25) is 0 Å². The highest BCUT2D eigenvalue weighted by Crippen LogP contribution is 2.42. The lowest BCUT2D eigenvalue weighted by atomic mass is 9.90. The second kappa shape index (κ2) is 6.99. The lowest BCUT2D eigenvalue weighted by Gasteiger charge is -2.18. The van der Waals surface area contributed by atoms with Crippen molar-refractivity contribution in [1.29, 1.82) is 0 Å². The number of benzene rings is 2. The summed E-state index contributed by atoms with van der Waals surface area (Å²) in [5, 5.41) is 0. The Morgan fingerprint density at radius 2 is 1.62 bits per heavy atom. The van der Waals surface area contributed by atoms with E-state index in [0.717, 1.165) is 16.7 Å². The number of carbonyl (C=O) groups is 1. The Labute approximate surface area is 141 Å². The summed E-state index contributed by atoms with van der Waals surface area (Å²) in [5.74, 6) is -0.179. The van der Waals surface area contributed by atoms with Gasteiger partial charge in [0.1, 0.15) is 0 Å². The molecule has 0 amide bonds. The van der Waals surface area contributed by atoms with Gasteiger partial charge in [0, 0.05) is 11.1 Å². The van der Waals surface area contributed by atoms with Gasteiger partial charge in [0.05, 0.1) is 6.10 Å². The normalized spacial score (nSPS) is 12.9. The van der Waals surface area contributed by atoms with Crippen LogP contribution < -0.4 is 0 Å². The number of rotatable bonds is 5. The molecule has 0 aliphatic rings. The molecule has 5 nitrogen and oxygen atoms in total. The Bertz CT molecular complexity index is 799. The second-order valence-electron chi connectivity index (χ2n) is 5.93. The average molecular weight is 348 g/mol. The smallest absolute Gasteiger partial charge is 0.303 e. The Hall–Kier alpha value is -1.78. The number of hydrogen-bond acceptors (Lipinski definition) is 3. The highest BCUT2D eigenvalue weighted by Gasteiger charge is 2.25. The first-order valence-electron chi connectivity index (χ1n) is 7.55. The molecule has 0 bridgehead atoms. The quantitative estimate of drug-likeness (QED) is 0.630. The molecule has 2 N–H and O–H groups in total. The molecule has 0 saturated heterocycles. The van der Waals surface area contributed by atoms with Crippen LogP contribution in [0.2, 0.25) is 0 Å². The summed E-state index contributed by atoms with van der Waals surface area (Å²) in [7, 11) is -4.65.